The van der Waals surface area contributed by atoms with Gasteiger partial charge < -0.3 is 33.8 Å². The van der Waals surface area contributed by atoms with Crippen molar-refractivity contribution in [1.82, 2.24) is 0 Å². The maximum Gasteiger partial charge on any atom is 0.472 e. The van der Waals surface area contributed by atoms with E-state index in [9.17, 15) is 43.2 Å². The molecule has 0 saturated heterocycles. The predicted octanol–water partition coefficient (Wildman–Crippen LogP) is 26.4. The van der Waals surface area contributed by atoms with E-state index in [-0.39, 0.29) is 25.7 Å². The summed E-state index contributed by atoms with van der Waals surface area (Å²) in [6, 6.07) is 0. The van der Waals surface area contributed by atoms with Crippen LogP contribution in [0.4, 0.5) is 0 Å². The first kappa shape index (κ1) is 103. The number of aliphatic hydroxyl groups is 1. The predicted molar refractivity (Wildman–Crippen MR) is 432 cm³/mol. The van der Waals surface area contributed by atoms with Crippen LogP contribution < -0.4 is 0 Å². The first-order valence-corrected chi connectivity index (χ1v) is 47.6. The molecule has 0 heterocycles. The molecule has 0 fully saturated rings. The number of ether oxygens (including phenoxy) is 4. The molecule has 0 rings (SSSR count). The van der Waals surface area contributed by atoms with Crippen molar-refractivity contribution in [2.75, 3.05) is 39.6 Å². The van der Waals surface area contributed by atoms with E-state index in [2.05, 4.69) is 34.6 Å². The molecule has 0 saturated carbocycles. The molecule has 105 heavy (non-hydrogen) atoms. The highest BCUT2D eigenvalue weighted by molar-refractivity contribution is 7.47. The largest absolute Gasteiger partial charge is 0.472 e. The average molecular weight is 1540 g/mol. The SMILES string of the molecule is CCCCCCCCCCCCCCCCCCCCCCC(=O)O[C@H](COC(=O)CCCCCCCCCCCCCCCCCCC(C)C)COP(=O)(O)OC[C@@H](O)COP(=O)(O)OC[C@@H](COC(=O)CCCCCCCCCCCCCCC)OC(=O)CCCCCCCCCCCCCCC. The Kier molecular flexibility index (Phi) is 77.3. The van der Waals surface area contributed by atoms with E-state index >= 15 is 0 Å². The highest BCUT2D eigenvalue weighted by atomic mass is 31.2. The number of hydrogen-bond acceptors (Lipinski definition) is 15. The summed E-state index contributed by atoms with van der Waals surface area (Å²) in [4.78, 5) is 73.2. The van der Waals surface area contributed by atoms with Gasteiger partial charge in [-0.1, -0.05) is 413 Å². The summed E-state index contributed by atoms with van der Waals surface area (Å²) in [5, 5.41) is 10.7. The minimum absolute atomic E-state index is 0.109. The van der Waals surface area contributed by atoms with E-state index < -0.39 is 97.5 Å². The van der Waals surface area contributed by atoms with E-state index in [0.717, 1.165) is 95.8 Å². The van der Waals surface area contributed by atoms with Gasteiger partial charge in [0.25, 0.3) is 0 Å². The Morgan fingerprint density at radius 2 is 0.438 bits per heavy atom. The summed E-state index contributed by atoms with van der Waals surface area (Å²) >= 11 is 0. The highest BCUT2D eigenvalue weighted by Gasteiger charge is 2.30. The standard InChI is InChI=1S/C86H168O17P2/c1-6-9-12-15-18-21-24-27-28-29-30-31-32-37-42-47-52-57-62-67-72-86(91)103-82(76-97-84(89)70-65-60-55-50-45-41-36-34-33-35-40-43-48-53-58-63-68-79(4)5)78-101-105(94,95)99-74-80(87)73-98-104(92,93)100-77-81(102-85(90)71-66-61-56-51-46-39-26-23-20-17-14-11-8-3)75-96-83(88)69-64-59-54-49-44-38-25-22-19-16-13-10-7-2/h79-82,87H,6-78H2,1-5H3,(H,92,93)(H,94,95)/t80-,81+,82+/m0/s1. The summed E-state index contributed by atoms with van der Waals surface area (Å²) in [5.74, 6) is -1.28. The van der Waals surface area contributed by atoms with Gasteiger partial charge in [0, 0.05) is 25.7 Å². The molecule has 0 aromatic rings. The van der Waals surface area contributed by atoms with Gasteiger partial charge in [-0.05, 0) is 31.6 Å². The molecular formula is C86H168O17P2. The summed E-state index contributed by atoms with van der Waals surface area (Å²) in [6.07, 6.45) is 72.1. The zero-order chi connectivity index (χ0) is 76.9. The molecular weight excluding hydrogens is 1370 g/mol. The summed E-state index contributed by atoms with van der Waals surface area (Å²) in [6.45, 7) is 7.40. The maximum absolute atomic E-state index is 13.2. The molecule has 5 atom stereocenters. The molecule has 17 nitrogen and oxygen atoms in total. The van der Waals surface area contributed by atoms with Gasteiger partial charge in [-0.25, -0.2) is 9.13 Å². The quantitative estimate of drug-likeness (QED) is 0.0222. The van der Waals surface area contributed by atoms with Crippen molar-refractivity contribution >= 4 is 39.5 Å². The number of hydrogen-bond donors (Lipinski definition) is 3. The van der Waals surface area contributed by atoms with Crippen LogP contribution in [0.5, 0.6) is 0 Å². The fraction of sp³-hybridized carbons (Fsp3) is 0.953. The molecule has 0 bridgehead atoms. The Balaban J connectivity index is 5.24. The monoisotopic (exact) mass is 1540 g/mol. The van der Waals surface area contributed by atoms with Crippen molar-refractivity contribution in [3.05, 3.63) is 0 Å². The third-order valence-electron chi connectivity index (χ3n) is 20.3. The third-order valence-corrected chi connectivity index (χ3v) is 22.2. The lowest BCUT2D eigenvalue weighted by molar-refractivity contribution is -0.161. The van der Waals surface area contributed by atoms with Crippen LogP contribution in [-0.2, 0) is 65.4 Å². The lowest BCUT2D eigenvalue weighted by Gasteiger charge is -2.21. The van der Waals surface area contributed by atoms with Gasteiger partial charge in [-0.15, -0.1) is 0 Å². The number of unbranched alkanes of at least 4 members (excludes halogenated alkanes) is 58. The summed E-state index contributed by atoms with van der Waals surface area (Å²) < 4.78 is 68.9. The number of phosphoric ester groups is 2. The molecule has 0 radical (unpaired) electrons. The molecule has 0 aliphatic rings. The number of aliphatic hydroxyl groups excluding tert-OH is 1. The number of phosphoric acid groups is 2. The first-order valence-electron chi connectivity index (χ1n) is 44.6. The Hall–Kier alpha value is -1.94. The van der Waals surface area contributed by atoms with Gasteiger partial charge in [0.15, 0.2) is 12.2 Å². The van der Waals surface area contributed by atoms with Crippen molar-refractivity contribution in [2.24, 2.45) is 5.92 Å². The van der Waals surface area contributed by atoms with Gasteiger partial charge in [0.1, 0.15) is 19.3 Å². The van der Waals surface area contributed by atoms with Gasteiger partial charge >= 0.3 is 39.5 Å². The van der Waals surface area contributed by atoms with Crippen molar-refractivity contribution in [3.63, 3.8) is 0 Å². The van der Waals surface area contributed by atoms with Crippen LogP contribution in [0, 0.1) is 5.92 Å². The number of rotatable bonds is 86. The normalized spacial score (nSPS) is 13.8. The van der Waals surface area contributed by atoms with Crippen LogP contribution in [0.3, 0.4) is 0 Å². The molecule has 3 N–H and O–H groups in total. The van der Waals surface area contributed by atoms with Gasteiger partial charge in [-0.3, -0.25) is 37.3 Å². The Morgan fingerprint density at radius 1 is 0.257 bits per heavy atom. The molecule has 0 aromatic heterocycles. The Labute approximate surface area is 645 Å². The van der Waals surface area contributed by atoms with Crippen molar-refractivity contribution < 1.29 is 80.2 Å². The lowest BCUT2D eigenvalue weighted by Crippen LogP contribution is -2.30. The lowest BCUT2D eigenvalue weighted by atomic mass is 10.0. The van der Waals surface area contributed by atoms with E-state index in [4.69, 9.17) is 37.0 Å². The van der Waals surface area contributed by atoms with Crippen molar-refractivity contribution in [2.45, 2.75) is 483 Å². The van der Waals surface area contributed by atoms with Gasteiger partial charge in [-0.2, -0.15) is 0 Å². The Bertz CT molecular complexity index is 2000. The van der Waals surface area contributed by atoms with E-state index in [1.807, 2.05) is 0 Å². The summed E-state index contributed by atoms with van der Waals surface area (Å²) in [5.41, 5.74) is 0. The van der Waals surface area contributed by atoms with E-state index in [1.54, 1.807) is 0 Å². The second-order valence-electron chi connectivity index (χ2n) is 31.4. The second kappa shape index (κ2) is 78.7. The van der Waals surface area contributed by atoms with Crippen LogP contribution >= 0.6 is 15.6 Å². The average Bonchev–Trinajstić information content (AvgIpc) is 0.909. The minimum Gasteiger partial charge on any atom is -0.462 e. The first-order chi connectivity index (χ1) is 51.0. The molecule has 0 aliphatic carbocycles. The molecule has 0 aliphatic heterocycles. The molecule has 624 valence electrons. The molecule has 19 heteroatoms. The molecule has 0 aromatic carbocycles. The number of esters is 4. The van der Waals surface area contributed by atoms with Crippen LogP contribution in [0.1, 0.15) is 465 Å². The fourth-order valence-corrected chi connectivity index (χ4v) is 15.1. The fourth-order valence-electron chi connectivity index (χ4n) is 13.5. The van der Waals surface area contributed by atoms with Gasteiger partial charge in [0.05, 0.1) is 26.4 Å². The van der Waals surface area contributed by atoms with Crippen LogP contribution in [0.15, 0.2) is 0 Å². The maximum atomic E-state index is 13.2. The van der Waals surface area contributed by atoms with Crippen LogP contribution in [0.2, 0.25) is 0 Å². The highest BCUT2D eigenvalue weighted by Crippen LogP contribution is 2.45. The minimum atomic E-state index is -4.97. The van der Waals surface area contributed by atoms with Gasteiger partial charge in [0.2, 0.25) is 0 Å². The summed E-state index contributed by atoms with van der Waals surface area (Å²) in [7, 11) is -9.93. The molecule has 0 spiro atoms. The third kappa shape index (κ3) is 79.9. The van der Waals surface area contributed by atoms with E-state index in [0.29, 0.717) is 25.7 Å². The Morgan fingerprint density at radius 3 is 0.648 bits per heavy atom. The smallest absolute Gasteiger partial charge is 0.462 e. The number of carbonyl (C=O) groups is 4. The molecule has 0 amide bonds. The zero-order valence-electron chi connectivity index (χ0n) is 68.9. The van der Waals surface area contributed by atoms with E-state index in [1.165, 1.54) is 289 Å². The van der Waals surface area contributed by atoms with Crippen molar-refractivity contribution in [1.29, 1.82) is 0 Å². The molecule has 2 unspecified atom stereocenters. The van der Waals surface area contributed by atoms with Crippen molar-refractivity contribution in [3.8, 4) is 0 Å². The second-order valence-corrected chi connectivity index (χ2v) is 34.3. The topological polar surface area (TPSA) is 237 Å². The van der Waals surface area contributed by atoms with Crippen LogP contribution in [0.25, 0.3) is 0 Å². The van der Waals surface area contributed by atoms with Crippen LogP contribution in [-0.4, -0.2) is 96.7 Å². The number of carbonyl (C=O) groups excluding carboxylic acids is 4. The zero-order valence-corrected chi connectivity index (χ0v) is 70.7.